The van der Waals surface area contributed by atoms with Gasteiger partial charge in [-0.1, -0.05) is 36.4 Å². The van der Waals surface area contributed by atoms with Crippen molar-refractivity contribution in [2.75, 3.05) is 20.8 Å². The van der Waals surface area contributed by atoms with Crippen LogP contribution in [0.2, 0.25) is 0 Å². The van der Waals surface area contributed by atoms with Crippen LogP contribution in [0.4, 0.5) is 0 Å². The number of hydrogen-bond acceptors (Lipinski definition) is 5. The number of aromatic nitrogens is 1. The maximum atomic E-state index is 12.5. The van der Waals surface area contributed by atoms with Crippen molar-refractivity contribution in [1.29, 1.82) is 0 Å². The van der Waals surface area contributed by atoms with Gasteiger partial charge in [0, 0.05) is 6.54 Å². The summed E-state index contributed by atoms with van der Waals surface area (Å²) in [5.41, 5.74) is 4.23. The lowest BCUT2D eigenvalue weighted by Gasteiger charge is -2.10. The number of ether oxygens (including phenoxy) is 2. The zero-order valence-corrected chi connectivity index (χ0v) is 15.5. The minimum Gasteiger partial charge on any atom is -0.493 e. The van der Waals surface area contributed by atoms with E-state index >= 15 is 0 Å². The first-order chi connectivity index (χ1) is 12.7. The highest BCUT2D eigenvalue weighted by molar-refractivity contribution is 7.13. The third-order valence-electron chi connectivity index (χ3n) is 3.97. The second-order valence-corrected chi connectivity index (χ2v) is 6.45. The normalized spacial score (nSPS) is 10.4. The second kappa shape index (κ2) is 8.49. The number of amides is 1. The molecule has 0 bridgehead atoms. The Morgan fingerprint density at radius 1 is 1.08 bits per heavy atom. The van der Waals surface area contributed by atoms with E-state index in [1.165, 1.54) is 11.3 Å². The van der Waals surface area contributed by atoms with Gasteiger partial charge < -0.3 is 14.8 Å². The first-order valence-corrected chi connectivity index (χ1v) is 9.09. The third-order valence-corrected chi connectivity index (χ3v) is 4.84. The number of benzene rings is 2. The van der Waals surface area contributed by atoms with E-state index in [1.807, 2.05) is 48.5 Å². The van der Waals surface area contributed by atoms with E-state index in [2.05, 4.69) is 10.3 Å². The van der Waals surface area contributed by atoms with E-state index in [9.17, 15) is 4.79 Å². The van der Waals surface area contributed by atoms with Gasteiger partial charge in [-0.2, -0.15) is 0 Å². The van der Waals surface area contributed by atoms with Crippen molar-refractivity contribution in [3.05, 3.63) is 65.3 Å². The summed E-state index contributed by atoms with van der Waals surface area (Å²) in [6.45, 7) is 0.514. The molecule has 0 aliphatic carbocycles. The molecule has 1 N–H and O–H groups in total. The van der Waals surface area contributed by atoms with Crippen molar-refractivity contribution < 1.29 is 14.3 Å². The maximum absolute atomic E-state index is 12.5. The molecule has 134 valence electrons. The lowest BCUT2D eigenvalue weighted by molar-refractivity contribution is 0.0950. The fourth-order valence-electron chi connectivity index (χ4n) is 2.64. The van der Waals surface area contributed by atoms with Crippen LogP contribution >= 0.6 is 11.3 Å². The quantitative estimate of drug-likeness (QED) is 0.689. The highest BCUT2D eigenvalue weighted by Crippen LogP contribution is 2.28. The molecule has 2 aromatic carbocycles. The van der Waals surface area contributed by atoms with Gasteiger partial charge in [-0.3, -0.25) is 4.79 Å². The van der Waals surface area contributed by atoms with Crippen LogP contribution in [0.5, 0.6) is 11.5 Å². The molecule has 0 atom stereocenters. The van der Waals surface area contributed by atoms with Gasteiger partial charge in [0.05, 0.1) is 24.6 Å². The van der Waals surface area contributed by atoms with Gasteiger partial charge in [0.15, 0.2) is 11.5 Å². The molecule has 0 radical (unpaired) electrons. The Hall–Kier alpha value is -2.86. The predicted molar refractivity (Wildman–Crippen MR) is 103 cm³/mol. The minimum absolute atomic E-state index is 0.162. The molecule has 6 heteroatoms. The summed E-state index contributed by atoms with van der Waals surface area (Å²) in [5.74, 6) is 1.21. The zero-order chi connectivity index (χ0) is 18.4. The Labute approximate surface area is 156 Å². The molecule has 3 aromatic rings. The number of nitrogens with zero attached hydrogens (tertiary/aromatic N) is 1. The summed E-state index contributed by atoms with van der Waals surface area (Å²) in [4.78, 5) is 17.6. The summed E-state index contributed by atoms with van der Waals surface area (Å²) in [6, 6.07) is 15.6. The molecule has 0 spiro atoms. The summed E-state index contributed by atoms with van der Waals surface area (Å²) in [5, 5.41) is 2.94. The smallest absolute Gasteiger partial charge is 0.271 e. The molecule has 0 aliphatic rings. The molecule has 0 fully saturated rings. The van der Waals surface area contributed by atoms with Crippen LogP contribution in [0, 0.1) is 0 Å². The Bertz CT molecular complexity index is 878. The zero-order valence-electron chi connectivity index (χ0n) is 14.7. The molecule has 0 aliphatic heterocycles. The van der Waals surface area contributed by atoms with Gasteiger partial charge in [-0.15, -0.1) is 11.3 Å². The van der Waals surface area contributed by atoms with Crippen molar-refractivity contribution in [1.82, 2.24) is 10.3 Å². The standard InChI is InChI=1S/C20H20N2O3S/c1-24-16-9-8-14(12-17(16)25-2)10-11-21-20(23)18-19(26-13-22-18)15-6-4-3-5-7-15/h3-9,12-13H,10-11H2,1-2H3,(H,21,23). The van der Waals surface area contributed by atoms with Crippen molar-refractivity contribution in [3.8, 4) is 21.9 Å². The highest BCUT2D eigenvalue weighted by atomic mass is 32.1. The molecular weight excluding hydrogens is 348 g/mol. The maximum Gasteiger partial charge on any atom is 0.271 e. The highest BCUT2D eigenvalue weighted by Gasteiger charge is 2.15. The molecule has 0 unspecified atom stereocenters. The first kappa shape index (κ1) is 17.9. The number of carbonyl (C=O) groups is 1. The fourth-order valence-corrected chi connectivity index (χ4v) is 3.44. The van der Waals surface area contributed by atoms with Crippen molar-refractivity contribution >= 4 is 17.2 Å². The monoisotopic (exact) mass is 368 g/mol. The molecule has 0 saturated carbocycles. The van der Waals surface area contributed by atoms with Crippen LogP contribution in [0.15, 0.2) is 54.0 Å². The number of thiazole rings is 1. The van der Waals surface area contributed by atoms with Gasteiger partial charge in [-0.25, -0.2) is 4.98 Å². The van der Waals surface area contributed by atoms with Gasteiger partial charge in [0.1, 0.15) is 5.69 Å². The predicted octanol–water partition coefficient (Wildman–Crippen LogP) is 3.80. The van der Waals surface area contributed by atoms with Gasteiger partial charge in [0.25, 0.3) is 5.91 Å². The average molecular weight is 368 g/mol. The van der Waals surface area contributed by atoms with Gasteiger partial charge in [0.2, 0.25) is 0 Å². The summed E-state index contributed by atoms with van der Waals surface area (Å²) in [7, 11) is 3.21. The minimum atomic E-state index is -0.162. The lowest BCUT2D eigenvalue weighted by atomic mass is 10.1. The van der Waals surface area contributed by atoms with E-state index in [4.69, 9.17) is 9.47 Å². The van der Waals surface area contributed by atoms with Crippen LogP contribution in [0.25, 0.3) is 10.4 Å². The Morgan fingerprint density at radius 3 is 2.58 bits per heavy atom. The van der Waals surface area contributed by atoms with Crippen molar-refractivity contribution in [3.63, 3.8) is 0 Å². The number of hydrogen-bond donors (Lipinski definition) is 1. The molecule has 5 nitrogen and oxygen atoms in total. The molecule has 0 saturated heterocycles. The molecule has 26 heavy (non-hydrogen) atoms. The molecular formula is C20H20N2O3S. The van der Waals surface area contributed by atoms with Crippen LogP contribution in [-0.4, -0.2) is 31.7 Å². The topological polar surface area (TPSA) is 60.5 Å². The SMILES string of the molecule is COc1ccc(CCNC(=O)c2ncsc2-c2ccccc2)cc1OC. The van der Waals surface area contributed by atoms with Crippen LogP contribution < -0.4 is 14.8 Å². The van der Waals surface area contributed by atoms with Crippen LogP contribution in [0.1, 0.15) is 16.1 Å². The summed E-state index contributed by atoms with van der Waals surface area (Å²) >= 11 is 1.47. The Kier molecular flexibility index (Phi) is 5.86. The number of carbonyl (C=O) groups excluding carboxylic acids is 1. The van der Waals surface area contributed by atoms with Crippen LogP contribution in [-0.2, 0) is 6.42 Å². The Balaban J connectivity index is 1.63. The summed E-state index contributed by atoms with van der Waals surface area (Å²) < 4.78 is 10.5. The van der Waals surface area contributed by atoms with Crippen LogP contribution in [0.3, 0.4) is 0 Å². The number of methoxy groups -OCH3 is 2. The van der Waals surface area contributed by atoms with E-state index in [1.54, 1.807) is 19.7 Å². The average Bonchev–Trinajstić information content (AvgIpc) is 3.18. The summed E-state index contributed by atoms with van der Waals surface area (Å²) in [6.07, 6.45) is 0.691. The van der Waals surface area contributed by atoms with E-state index in [0.29, 0.717) is 30.2 Å². The molecule has 1 aromatic heterocycles. The molecule has 1 amide bonds. The lowest BCUT2D eigenvalue weighted by Crippen LogP contribution is -2.26. The molecule has 3 rings (SSSR count). The number of rotatable bonds is 7. The van der Waals surface area contributed by atoms with Gasteiger partial charge >= 0.3 is 0 Å². The van der Waals surface area contributed by atoms with Gasteiger partial charge in [-0.05, 0) is 29.7 Å². The van der Waals surface area contributed by atoms with Crippen molar-refractivity contribution in [2.45, 2.75) is 6.42 Å². The second-order valence-electron chi connectivity index (χ2n) is 5.59. The van der Waals surface area contributed by atoms with E-state index in [-0.39, 0.29) is 5.91 Å². The first-order valence-electron chi connectivity index (χ1n) is 8.21. The van der Waals surface area contributed by atoms with Crippen molar-refractivity contribution in [2.24, 2.45) is 0 Å². The fraction of sp³-hybridized carbons (Fsp3) is 0.200. The molecule has 1 heterocycles. The van der Waals surface area contributed by atoms with E-state index < -0.39 is 0 Å². The van der Waals surface area contributed by atoms with E-state index in [0.717, 1.165) is 16.0 Å². The number of nitrogens with one attached hydrogen (secondary N) is 1. The Morgan fingerprint density at radius 2 is 1.85 bits per heavy atom. The third kappa shape index (κ3) is 4.03. The largest absolute Gasteiger partial charge is 0.493 e.